The van der Waals surface area contributed by atoms with Gasteiger partial charge < -0.3 is 61.1 Å². The summed E-state index contributed by atoms with van der Waals surface area (Å²) in [7, 11) is 8.43. The zero-order chi connectivity index (χ0) is 65.8. The van der Waals surface area contributed by atoms with Gasteiger partial charge in [0, 0.05) is 42.3 Å². The van der Waals surface area contributed by atoms with Gasteiger partial charge in [0.1, 0.15) is 60.4 Å². The van der Waals surface area contributed by atoms with Gasteiger partial charge >= 0.3 is 0 Å². The van der Waals surface area contributed by atoms with Gasteiger partial charge in [0.05, 0.1) is 12.6 Å². The van der Waals surface area contributed by atoms with E-state index < -0.39 is 156 Å². The monoisotopic (exact) mass is 1200 g/mol. The summed E-state index contributed by atoms with van der Waals surface area (Å²) in [6.07, 6.45) is 3.47. The van der Waals surface area contributed by atoms with Gasteiger partial charge in [0.2, 0.25) is 65.0 Å². The van der Waals surface area contributed by atoms with Gasteiger partial charge in [-0.3, -0.25) is 52.7 Å². The maximum Gasteiger partial charge on any atom is 0.246 e. The smallest absolute Gasteiger partial charge is 0.246 e. The van der Waals surface area contributed by atoms with Crippen molar-refractivity contribution in [3.05, 3.63) is 12.2 Å². The number of likely N-dealkylation sites (N-methyl/N-ethyl adjacent to an activating group) is 6. The van der Waals surface area contributed by atoms with Crippen molar-refractivity contribution in [2.45, 2.75) is 229 Å². The van der Waals surface area contributed by atoms with Crippen LogP contribution in [0.1, 0.15) is 163 Å². The highest BCUT2D eigenvalue weighted by molar-refractivity contribution is 5.99. The molecule has 1 rings (SSSR count). The second kappa shape index (κ2) is 35.5. The quantitative estimate of drug-likeness (QED) is 0.121. The Labute approximate surface area is 508 Å². The van der Waals surface area contributed by atoms with Crippen LogP contribution >= 0.6 is 0 Å². The van der Waals surface area contributed by atoms with Crippen LogP contribution in [0.2, 0.25) is 0 Å². The van der Waals surface area contributed by atoms with Gasteiger partial charge in [-0.05, 0) is 101 Å². The van der Waals surface area contributed by atoms with Crippen molar-refractivity contribution in [2.24, 2.45) is 41.4 Å². The standard InChI is InChI=1S/C62H111N11O12/c1-24-26-28-40(15)52(75)51-57(80)65-43(27-25-2)59(82)68(18)33-48(74)69(19)45(30-35(5)6)56(79)67-49(38(11)12)61(84)71(21)46(31-36(7)8)54(77)63-41(16)53(76)64-42(17)58(81)70(20)47(32-37(9)10)55(78)66-44(29-34(3)4)60(83)72(22)50(39(13)14)62(85)73(51)23/h24,26,34-47,49-52,75H,25,27-33H2,1-23H3,(H,63,77)(H,64,76)(H,65,80)(H,66,78)(H,67,79)/b26-24+/t40-,41+,42-,43+,44+,45-,46-,47+,49-,50+,51+,52-/m1/s1. The molecule has 23 nitrogen and oxygen atoms in total. The number of hydrogen-bond donors (Lipinski definition) is 6. The molecule has 1 heterocycles. The summed E-state index contributed by atoms with van der Waals surface area (Å²) in [6.45, 7) is 29.4. The molecule has 0 bridgehead atoms. The molecule has 85 heavy (non-hydrogen) atoms. The molecule has 0 radical (unpaired) electrons. The first-order valence-corrected chi connectivity index (χ1v) is 30.7. The molecule has 11 amide bonds. The van der Waals surface area contributed by atoms with Crippen molar-refractivity contribution < 1.29 is 57.8 Å². The van der Waals surface area contributed by atoms with E-state index in [0.29, 0.717) is 12.8 Å². The largest absolute Gasteiger partial charge is 0.390 e. The minimum atomic E-state index is -1.61. The Morgan fingerprint density at radius 3 is 1.36 bits per heavy atom. The number of rotatable bonds is 16. The molecule has 6 N–H and O–H groups in total. The van der Waals surface area contributed by atoms with Crippen LogP contribution in [0, 0.1) is 41.4 Å². The first-order chi connectivity index (χ1) is 39.3. The van der Waals surface area contributed by atoms with Gasteiger partial charge in [0.15, 0.2) is 0 Å². The summed E-state index contributed by atoms with van der Waals surface area (Å²) < 4.78 is 0. The predicted octanol–water partition coefficient (Wildman–Crippen LogP) is 3.32. The minimum absolute atomic E-state index is 0.0918. The summed E-state index contributed by atoms with van der Waals surface area (Å²) >= 11 is 0. The van der Waals surface area contributed by atoms with Gasteiger partial charge in [-0.1, -0.05) is 116 Å². The molecule has 0 aliphatic carbocycles. The summed E-state index contributed by atoms with van der Waals surface area (Å²) in [4.78, 5) is 167. The van der Waals surface area contributed by atoms with Crippen molar-refractivity contribution in [1.29, 1.82) is 0 Å². The number of aliphatic hydroxyl groups excluding tert-OH is 1. The van der Waals surface area contributed by atoms with E-state index in [9.17, 15) is 53.1 Å². The van der Waals surface area contributed by atoms with Crippen molar-refractivity contribution in [2.75, 3.05) is 48.8 Å². The lowest BCUT2D eigenvalue weighted by atomic mass is 9.91. The fourth-order valence-corrected chi connectivity index (χ4v) is 10.6. The Kier molecular flexibility index (Phi) is 32.1. The lowest BCUT2D eigenvalue weighted by molar-refractivity contribution is -0.154. The Morgan fingerprint density at radius 2 is 0.906 bits per heavy atom. The fraction of sp³-hybridized carbons (Fsp3) is 0.790. The van der Waals surface area contributed by atoms with Gasteiger partial charge in [-0.25, -0.2) is 0 Å². The number of carbonyl (C=O) groups is 11. The first-order valence-electron chi connectivity index (χ1n) is 30.7. The molecular formula is C62H111N11O12. The second-order valence-electron chi connectivity index (χ2n) is 26.1. The lowest BCUT2D eigenvalue weighted by Gasteiger charge is -2.40. The topological polar surface area (TPSA) is 288 Å². The summed E-state index contributed by atoms with van der Waals surface area (Å²) in [6, 6.07) is -12.4. The molecule has 0 aromatic rings. The molecule has 0 unspecified atom stereocenters. The molecule has 0 aromatic carbocycles. The van der Waals surface area contributed by atoms with E-state index in [-0.39, 0.29) is 55.8 Å². The number of amides is 11. The summed E-state index contributed by atoms with van der Waals surface area (Å²) in [5.41, 5.74) is 0. The Bertz CT molecular complexity index is 2310. The molecule has 486 valence electrons. The van der Waals surface area contributed by atoms with Crippen LogP contribution < -0.4 is 26.6 Å². The van der Waals surface area contributed by atoms with E-state index in [2.05, 4.69) is 26.6 Å². The third-order valence-corrected chi connectivity index (χ3v) is 15.8. The Balaban J connectivity index is 4.30. The van der Waals surface area contributed by atoms with Gasteiger partial charge in [0.25, 0.3) is 0 Å². The maximum atomic E-state index is 15.1. The highest BCUT2D eigenvalue weighted by Crippen LogP contribution is 2.24. The van der Waals surface area contributed by atoms with Crippen LogP contribution in [0.25, 0.3) is 0 Å². The number of hydrogen-bond acceptors (Lipinski definition) is 12. The van der Waals surface area contributed by atoms with Crippen molar-refractivity contribution in [3.8, 4) is 0 Å². The van der Waals surface area contributed by atoms with E-state index in [1.54, 1.807) is 54.5 Å². The second-order valence-corrected chi connectivity index (χ2v) is 26.1. The molecule has 1 fully saturated rings. The zero-order valence-electron chi connectivity index (χ0n) is 55.8. The Morgan fingerprint density at radius 1 is 0.471 bits per heavy atom. The molecule has 1 aliphatic heterocycles. The van der Waals surface area contributed by atoms with Crippen LogP contribution in [0.15, 0.2) is 12.2 Å². The van der Waals surface area contributed by atoms with Gasteiger partial charge in [-0.15, -0.1) is 0 Å². The lowest BCUT2D eigenvalue weighted by Crippen LogP contribution is -2.63. The molecule has 0 aromatic heterocycles. The predicted molar refractivity (Wildman–Crippen MR) is 328 cm³/mol. The zero-order valence-corrected chi connectivity index (χ0v) is 55.8. The van der Waals surface area contributed by atoms with Crippen LogP contribution in [0.3, 0.4) is 0 Å². The molecule has 23 heteroatoms. The third-order valence-electron chi connectivity index (χ3n) is 15.8. The maximum absolute atomic E-state index is 15.1. The van der Waals surface area contributed by atoms with Crippen LogP contribution in [0.4, 0.5) is 0 Å². The van der Waals surface area contributed by atoms with Crippen molar-refractivity contribution in [1.82, 2.24) is 56.0 Å². The van der Waals surface area contributed by atoms with Crippen molar-refractivity contribution >= 4 is 65.0 Å². The average Bonchev–Trinajstić information content (AvgIpc) is 3.41. The number of aliphatic hydroxyl groups is 1. The molecule has 1 aliphatic rings. The SMILES string of the molecule is C/C=C/C[C@@H](C)[C@@H](O)[C@H]1C(=O)N[C@@H](CCC)C(=O)N(C)CC(=O)N(C)[C@H](CC(C)C)C(=O)N[C@H](C(C)C)C(=O)N(C)[C@H](CC(C)C)C(=O)N[C@@H](C)C(=O)N[C@H](C)C(=O)N(C)[C@@H](CC(C)C)C(=O)N[C@@H](CC(C)C)C(=O)N(C)[C@@H](C(C)C)C(=O)N1C. The highest BCUT2D eigenvalue weighted by atomic mass is 16.3. The number of carbonyl (C=O) groups excluding carboxylic acids is 11. The third kappa shape index (κ3) is 22.6. The van der Waals surface area contributed by atoms with Crippen molar-refractivity contribution in [3.63, 3.8) is 0 Å². The van der Waals surface area contributed by atoms with E-state index in [4.69, 9.17) is 0 Å². The minimum Gasteiger partial charge on any atom is -0.390 e. The van der Waals surface area contributed by atoms with E-state index in [1.165, 1.54) is 75.7 Å². The molecular weight excluding hydrogens is 1090 g/mol. The van der Waals surface area contributed by atoms with E-state index in [1.807, 2.05) is 61.5 Å². The fourth-order valence-electron chi connectivity index (χ4n) is 10.6. The number of allylic oxidation sites excluding steroid dienone is 2. The normalized spacial score (nSPS) is 26.8. The molecule has 1 saturated heterocycles. The number of nitrogens with one attached hydrogen (secondary N) is 5. The summed E-state index contributed by atoms with van der Waals surface area (Å²) in [5.74, 6) is -9.82. The van der Waals surface area contributed by atoms with E-state index in [0.717, 1.165) is 9.80 Å². The summed E-state index contributed by atoms with van der Waals surface area (Å²) in [5, 5.41) is 26.0. The van der Waals surface area contributed by atoms with Crippen LogP contribution in [-0.2, 0) is 52.7 Å². The van der Waals surface area contributed by atoms with Crippen LogP contribution in [0.5, 0.6) is 0 Å². The number of nitrogens with zero attached hydrogens (tertiary/aromatic N) is 6. The molecule has 12 atom stereocenters. The first kappa shape index (κ1) is 76.9. The van der Waals surface area contributed by atoms with E-state index >= 15 is 4.79 Å². The van der Waals surface area contributed by atoms with Crippen LogP contribution in [-0.4, -0.2) is 215 Å². The van der Waals surface area contributed by atoms with Gasteiger partial charge in [-0.2, -0.15) is 0 Å². The average molecular weight is 1200 g/mol. The molecule has 0 spiro atoms. The molecule has 0 saturated carbocycles. The highest BCUT2D eigenvalue weighted by Gasteiger charge is 2.45. The Hall–Kier alpha value is -6.13.